The molecule has 138 valence electrons. The highest BCUT2D eigenvalue weighted by molar-refractivity contribution is 5.83. The Morgan fingerprint density at radius 1 is 1.36 bits per heavy atom. The van der Waals surface area contributed by atoms with Crippen LogP contribution in [0.15, 0.2) is 12.5 Å². The number of carbonyl (C=O) groups is 2. The van der Waals surface area contributed by atoms with E-state index in [-0.39, 0.29) is 11.8 Å². The Bertz CT molecular complexity index is 607. The van der Waals surface area contributed by atoms with Crippen molar-refractivity contribution in [3.8, 4) is 0 Å². The number of rotatable bonds is 5. The molecule has 7 heteroatoms. The number of amides is 2. The summed E-state index contributed by atoms with van der Waals surface area (Å²) in [7, 11) is 0. The predicted octanol–water partition coefficient (Wildman–Crippen LogP) is 1.36. The third kappa shape index (κ3) is 4.39. The minimum Gasteiger partial charge on any atom is -0.381 e. The van der Waals surface area contributed by atoms with Crippen LogP contribution in [-0.2, 0) is 20.9 Å². The zero-order valence-electron chi connectivity index (χ0n) is 15.1. The van der Waals surface area contributed by atoms with Crippen LogP contribution in [0.4, 0.5) is 0 Å². The zero-order chi connectivity index (χ0) is 17.8. The Morgan fingerprint density at radius 3 is 2.84 bits per heavy atom. The van der Waals surface area contributed by atoms with Gasteiger partial charge in [0, 0.05) is 32.4 Å². The molecule has 2 aliphatic heterocycles. The zero-order valence-corrected chi connectivity index (χ0v) is 15.1. The molecule has 2 amide bonds. The maximum absolute atomic E-state index is 12.8. The molecule has 1 atom stereocenters. The molecule has 1 saturated heterocycles. The van der Waals surface area contributed by atoms with Crippen molar-refractivity contribution in [1.82, 2.24) is 19.8 Å². The summed E-state index contributed by atoms with van der Waals surface area (Å²) in [6.07, 6.45) is 5.91. The van der Waals surface area contributed by atoms with Crippen LogP contribution in [-0.4, -0.2) is 52.6 Å². The standard InChI is InChI=1S/C18H28N4O3/c1-13(2)7-17(23)21-10-15-9-19-12-22(15)16(11-21)18(24)20-8-14-3-5-25-6-4-14/h9,12-14,16H,3-8,10-11H2,1-2H3,(H,20,24)/t16-/m0/s1. The third-order valence-electron chi connectivity index (χ3n) is 4.97. The van der Waals surface area contributed by atoms with Crippen molar-refractivity contribution in [2.75, 3.05) is 26.3 Å². The second kappa shape index (κ2) is 7.99. The molecule has 2 aliphatic rings. The van der Waals surface area contributed by atoms with Gasteiger partial charge < -0.3 is 19.5 Å². The van der Waals surface area contributed by atoms with Gasteiger partial charge in [-0.15, -0.1) is 0 Å². The van der Waals surface area contributed by atoms with Gasteiger partial charge in [0.15, 0.2) is 0 Å². The number of aromatic nitrogens is 2. The molecule has 1 N–H and O–H groups in total. The minimum atomic E-state index is -0.401. The van der Waals surface area contributed by atoms with Gasteiger partial charge in [-0.1, -0.05) is 13.8 Å². The summed E-state index contributed by atoms with van der Waals surface area (Å²) in [4.78, 5) is 31.2. The maximum atomic E-state index is 12.8. The van der Waals surface area contributed by atoms with Gasteiger partial charge in [-0.25, -0.2) is 4.98 Å². The summed E-state index contributed by atoms with van der Waals surface area (Å²) < 4.78 is 7.26. The van der Waals surface area contributed by atoms with E-state index < -0.39 is 6.04 Å². The SMILES string of the molecule is CC(C)CC(=O)N1Cc2cncn2[C@H](C(=O)NCC2CCOCC2)C1. The van der Waals surface area contributed by atoms with Gasteiger partial charge >= 0.3 is 0 Å². The first kappa shape index (κ1) is 17.9. The van der Waals surface area contributed by atoms with E-state index in [0.717, 1.165) is 31.7 Å². The van der Waals surface area contributed by atoms with Crippen LogP contribution < -0.4 is 5.32 Å². The summed E-state index contributed by atoms with van der Waals surface area (Å²) in [5, 5.41) is 3.07. The van der Waals surface area contributed by atoms with E-state index in [9.17, 15) is 9.59 Å². The van der Waals surface area contributed by atoms with Gasteiger partial charge in [0.2, 0.25) is 11.8 Å². The topological polar surface area (TPSA) is 76.5 Å². The quantitative estimate of drug-likeness (QED) is 0.872. The van der Waals surface area contributed by atoms with E-state index in [2.05, 4.69) is 10.3 Å². The smallest absolute Gasteiger partial charge is 0.244 e. The highest BCUT2D eigenvalue weighted by Crippen LogP contribution is 2.23. The molecule has 0 aliphatic carbocycles. The number of nitrogens with zero attached hydrogens (tertiary/aromatic N) is 3. The van der Waals surface area contributed by atoms with E-state index in [1.807, 2.05) is 18.4 Å². The molecule has 1 fully saturated rings. The Morgan fingerprint density at radius 2 is 2.12 bits per heavy atom. The monoisotopic (exact) mass is 348 g/mol. The average molecular weight is 348 g/mol. The highest BCUT2D eigenvalue weighted by atomic mass is 16.5. The van der Waals surface area contributed by atoms with Crippen molar-refractivity contribution in [2.45, 2.75) is 45.7 Å². The minimum absolute atomic E-state index is 0.0345. The van der Waals surface area contributed by atoms with Crippen LogP contribution >= 0.6 is 0 Å². The molecular formula is C18H28N4O3. The molecule has 1 aromatic rings. The molecule has 3 rings (SSSR count). The lowest BCUT2D eigenvalue weighted by molar-refractivity contribution is -0.136. The fourth-order valence-electron chi connectivity index (χ4n) is 3.48. The Labute approximate surface area is 148 Å². The van der Waals surface area contributed by atoms with Crippen LogP contribution in [0.2, 0.25) is 0 Å². The first-order chi connectivity index (χ1) is 12.0. The molecular weight excluding hydrogens is 320 g/mol. The van der Waals surface area contributed by atoms with Gasteiger partial charge in [0.1, 0.15) is 6.04 Å². The average Bonchev–Trinajstić information content (AvgIpc) is 3.07. The molecule has 0 radical (unpaired) electrons. The lowest BCUT2D eigenvalue weighted by Gasteiger charge is -2.34. The number of hydrogen-bond donors (Lipinski definition) is 1. The van der Waals surface area contributed by atoms with Gasteiger partial charge in [-0.3, -0.25) is 9.59 Å². The van der Waals surface area contributed by atoms with Gasteiger partial charge in [0.05, 0.1) is 25.1 Å². The summed E-state index contributed by atoms with van der Waals surface area (Å²) in [6, 6.07) is -0.401. The molecule has 3 heterocycles. The lowest BCUT2D eigenvalue weighted by Crippen LogP contribution is -2.47. The summed E-state index contributed by atoms with van der Waals surface area (Å²) in [5.74, 6) is 0.847. The van der Waals surface area contributed by atoms with Crippen LogP contribution in [0.5, 0.6) is 0 Å². The molecule has 1 aromatic heterocycles. The van der Waals surface area contributed by atoms with Crippen LogP contribution in [0.25, 0.3) is 0 Å². The molecule has 25 heavy (non-hydrogen) atoms. The molecule has 0 aromatic carbocycles. The Hall–Kier alpha value is -1.89. The number of nitrogens with one attached hydrogen (secondary N) is 1. The van der Waals surface area contributed by atoms with Gasteiger partial charge in [0.25, 0.3) is 0 Å². The fourth-order valence-corrected chi connectivity index (χ4v) is 3.48. The van der Waals surface area contributed by atoms with E-state index in [0.29, 0.717) is 37.9 Å². The first-order valence-corrected chi connectivity index (χ1v) is 9.18. The van der Waals surface area contributed by atoms with E-state index in [1.165, 1.54) is 0 Å². The largest absolute Gasteiger partial charge is 0.381 e. The van der Waals surface area contributed by atoms with Gasteiger partial charge in [-0.2, -0.15) is 0 Å². The summed E-state index contributed by atoms with van der Waals surface area (Å²) >= 11 is 0. The first-order valence-electron chi connectivity index (χ1n) is 9.18. The van der Waals surface area contributed by atoms with Gasteiger partial charge in [-0.05, 0) is 24.7 Å². The van der Waals surface area contributed by atoms with Crippen molar-refractivity contribution in [3.05, 3.63) is 18.2 Å². The van der Waals surface area contributed by atoms with Crippen molar-refractivity contribution in [2.24, 2.45) is 11.8 Å². The van der Waals surface area contributed by atoms with Crippen molar-refractivity contribution >= 4 is 11.8 Å². The van der Waals surface area contributed by atoms with E-state index in [1.54, 1.807) is 17.4 Å². The molecule has 7 nitrogen and oxygen atoms in total. The van der Waals surface area contributed by atoms with Crippen LogP contribution in [0.1, 0.15) is 44.8 Å². The summed E-state index contributed by atoms with van der Waals surface area (Å²) in [6.45, 7) is 7.21. The number of hydrogen-bond acceptors (Lipinski definition) is 4. The molecule has 0 spiro atoms. The molecule has 0 unspecified atom stereocenters. The van der Waals surface area contributed by atoms with E-state index in [4.69, 9.17) is 4.74 Å². The Kier molecular flexibility index (Phi) is 5.73. The maximum Gasteiger partial charge on any atom is 0.244 e. The summed E-state index contributed by atoms with van der Waals surface area (Å²) in [5.41, 5.74) is 0.912. The van der Waals surface area contributed by atoms with E-state index >= 15 is 0 Å². The third-order valence-corrected chi connectivity index (χ3v) is 4.97. The second-order valence-corrected chi connectivity index (χ2v) is 7.48. The Balaban J connectivity index is 1.64. The number of imidazole rings is 1. The van der Waals surface area contributed by atoms with Crippen LogP contribution in [0, 0.1) is 11.8 Å². The fraction of sp³-hybridized carbons (Fsp3) is 0.722. The lowest BCUT2D eigenvalue weighted by atomic mass is 10.0. The number of ether oxygens (including phenoxy) is 1. The highest BCUT2D eigenvalue weighted by Gasteiger charge is 2.32. The molecule has 0 bridgehead atoms. The number of carbonyl (C=O) groups excluding carboxylic acids is 2. The second-order valence-electron chi connectivity index (χ2n) is 7.48. The molecule has 0 saturated carbocycles. The normalized spacial score (nSPS) is 21.2. The van der Waals surface area contributed by atoms with Crippen molar-refractivity contribution in [1.29, 1.82) is 0 Å². The van der Waals surface area contributed by atoms with Crippen molar-refractivity contribution in [3.63, 3.8) is 0 Å². The predicted molar refractivity (Wildman–Crippen MR) is 92.7 cm³/mol. The van der Waals surface area contributed by atoms with Crippen LogP contribution in [0.3, 0.4) is 0 Å². The number of fused-ring (bicyclic) bond motifs is 1. The van der Waals surface area contributed by atoms with Crippen molar-refractivity contribution < 1.29 is 14.3 Å².